The van der Waals surface area contributed by atoms with Gasteiger partial charge >= 0.3 is 0 Å². The second-order valence-electron chi connectivity index (χ2n) is 2.75. The highest BCUT2D eigenvalue weighted by molar-refractivity contribution is 6.04. The van der Waals surface area contributed by atoms with E-state index in [4.69, 9.17) is 0 Å². The fourth-order valence-electron chi connectivity index (χ4n) is 0.752. The summed E-state index contributed by atoms with van der Waals surface area (Å²) in [5.41, 5.74) is 0. The Morgan fingerprint density at radius 1 is 1.50 bits per heavy atom. The molecular weight excluding hydrogens is 114 g/mol. The molecule has 0 heterocycles. The van der Waals surface area contributed by atoms with E-state index in [2.05, 4.69) is 25.3 Å². The molecule has 0 aromatic heterocycles. The van der Waals surface area contributed by atoms with Crippen molar-refractivity contribution in [1.82, 2.24) is 4.57 Å². The van der Waals surface area contributed by atoms with E-state index in [9.17, 15) is 0 Å². The molecule has 0 bridgehead atoms. The molecule has 0 radical (unpaired) electrons. The highest BCUT2D eigenvalue weighted by Gasteiger charge is 1.95. The van der Waals surface area contributed by atoms with Gasteiger partial charge in [0.25, 0.3) is 0 Å². The molecule has 0 unspecified atom stereocenters. The van der Waals surface area contributed by atoms with Gasteiger partial charge < -0.3 is 4.57 Å². The number of hydrogen-bond acceptors (Lipinski definition) is 1. The van der Waals surface area contributed by atoms with Crippen LogP contribution in [0.2, 0.25) is 0 Å². The van der Waals surface area contributed by atoms with E-state index in [0.717, 1.165) is 5.92 Å². The minimum Gasteiger partial charge on any atom is -0.332 e. The lowest BCUT2D eigenvalue weighted by Crippen LogP contribution is -2.24. The van der Waals surface area contributed by atoms with E-state index in [1.807, 2.05) is 0 Å². The maximum Gasteiger partial charge on any atom is 0.0784 e. The first-order valence-electron chi connectivity index (χ1n) is 3.35. The van der Waals surface area contributed by atoms with Gasteiger partial charge in [0.2, 0.25) is 0 Å². The Morgan fingerprint density at radius 3 is 2.12 bits per heavy atom. The Balaban J connectivity index is 3.10. The number of rotatable bonds is 3. The molecule has 0 aromatic rings. The minimum absolute atomic E-state index is 0.840. The molecule has 0 rings (SSSR count). The Morgan fingerprint density at radius 2 is 2.00 bits per heavy atom. The molecule has 50 valence electrons. The van der Waals surface area contributed by atoms with Crippen LogP contribution in [-0.4, -0.2) is 28.1 Å². The van der Waals surface area contributed by atoms with Crippen molar-refractivity contribution in [2.45, 2.75) is 20.8 Å². The molecule has 2 heteroatoms. The van der Waals surface area contributed by atoms with Gasteiger partial charge in [0, 0.05) is 0 Å². The van der Waals surface area contributed by atoms with Crippen LogP contribution in [0.5, 0.6) is 0 Å². The molecule has 0 aliphatic heterocycles. The van der Waals surface area contributed by atoms with Crippen LogP contribution in [0.4, 0.5) is 0 Å². The molecule has 0 aliphatic carbocycles. The van der Waals surface area contributed by atoms with Crippen LogP contribution in [0, 0.1) is 5.92 Å². The van der Waals surface area contributed by atoms with E-state index >= 15 is 0 Å². The quantitative estimate of drug-likeness (QED) is 0.496. The van der Waals surface area contributed by atoms with Gasteiger partial charge in [0.05, 0.1) is 10.4 Å². The third-order valence-corrected chi connectivity index (χ3v) is 2.21. The maximum absolute atomic E-state index is 2.46. The maximum atomic E-state index is 2.46. The first-order valence-corrected chi connectivity index (χ1v) is 4.24. The predicted octanol–water partition coefficient (Wildman–Crippen LogP) is 0.245. The zero-order chi connectivity index (χ0) is 6.57. The molecule has 8 heavy (non-hydrogen) atoms. The zero-order valence-corrected chi connectivity index (χ0v) is 8.44. The SMILES string of the molecule is CCN([SiH3])CC(C)C. The highest BCUT2D eigenvalue weighted by atomic mass is 28.2. The van der Waals surface area contributed by atoms with Gasteiger partial charge in [-0.1, -0.05) is 20.8 Å². The molecule has 0 spiro atoms. The summed E-state index contributed by atoms with van der Waals surface area (Å²) < 4.78 is 2.46. The largest absolute Gasteiger partial charge is 0.332 e. The second kappa shape index (κ2) is 4.10. The summed E-state index contributed by atoms with van der Waals surface area (Å²) in [4.78, 5) is 0. The van der Waals surface area contributed by atoms with Gasteiger partial charge in [-0.3, -0.25) is 0 Å². The van der Waals surface area contributed by atoms with Crippen molar-refractivity contribution in [3.63, 3.8) is 0 Å². The van der Waals surface area contributed by atoms with Crippen LogP contribution in [0.25, 0.3) is 0 Å². The van der Waals surface area contributed by atoms with Crippen molar-refractivity contribution >= 4 is 10.4 Å². The fraction of sp³-hybridized carbons (Fsp3) is 1.00. The lowest BCUT2D eigenvalue weighted by Gasteiger charge is -2.15. The van der Waals surface area contributed by atoms with E-state index in [-0.39, 0.29) is 0 Å². The molecule has 0 atom stereocenters. The monoisotopic (exact) mass is 131 g/mol. The third kappa shape index (κ3) is 4.34. The standard InChI is InChI=1S/C6H17NSi/c1-4-7(8)5-6(2)3/h6H,4-5H2,1-3,8H3. The summed E-state index contributed by atoms with van der Waals surface area (Å²) in [5.74, 6) is 0.840. The van der Waals surface area contributed by atoms with E-state index in [1.165, 1.54) is 23.5 Å². The summed E-state index contributed by atoms with van der Waals surface area (Å²) in [6.07, 6.45) is 0. The van der Waals surface area contributed by atoms with Crippen LogP contribution in [0.15, 0.2) is 0 Å². The second-order valence-corrected chi connectivity index (χ2v) is 4.01. The summed E-state index contributed by atoms with van der Waals surface area (Å²) in [7, 11) is 1.22. The van der Waals surface area contributed by atoms with Crippen LogP contribution in [0.1, 0.15) is 20.8 Å². The molecule has 0 N–H and O–H groups in total. The van der Waals surface area contributed by atoms with E-state index in [1.54, 1.807) is 0 Å². The van der Waals surface area contributed by atoms with Gasteiger partial charge in [0.15, 0.2) is 0 Å². The Labute approximate surface area is 55.6 Å². The van der Waals surface area contributed by atoms with Crippen molar-refractivity contribution in [3.8, 4) is 0 Å². The normalized spacial score (nSPS) is 11.6. The summed E-state index contributed by atoms with van der Waals surface area (Å²) >= 11 is 0. The van der Waals surface area contributed by atoms with Gasteiger partial charge in [-0.15, -0.1) is 0 Å². The zero-order valence-electron chi connectivity index (χ0n) is 6.44. The van der Waals surface area contributed by atoms with Gasteiger partial charge in [-0.2, -0.15) is 0 Å². The third-order valence-electron chi connectivity index (χ3n) is 1.22. The molecule has 1 nitrogen and oxygen atoms in total. The Bertz CT molecular complexity index is 54.5. The summed E-state index contributed by atoms with van der Waals surface area (Å²) in [6, 6.07) is 0. The number of nitrogens with zero attached hydrogens (tertiary/aromatic N) is 1. The fourth-order valence-corrected chi connectivity index (χ4v) is 1.48. The van der Waals surface area contributed by atoms with Crippen molar-refractivity contribution in [3.05, 3.63) is 0 Å². The van der Waals surface area contributed by atoms with Crippen LogP contribution in [-0.2, 0) is 0 Å². The van der Waals surface area contributed by atoms with Crippen molar-refractivity contribution in [2.24, 2.45) is 5.92 Å². The molecule has 0 amide bonds. The van der Waals surface area contributed by atoms with Crippen molar-refractivity contribution < 1.29 is 0 Å². The van der Waals surface area contributed by atoms with E-state index in [0.29, 0.717) is 0 Å². The van der Waals surface area contributed by atoms with Gasteiger partial charge in [0.1, 0.15) is 0 Å². The average molecular weight is 131 g/mol. The molecule has 0 aliphatic rings. The van der Waals surface area contributed by atoms with E-state index < -0.39 is 0 Å². The smallest absolute Gasteiger partial charge is 0.0784 e. The molecule has 0 aromatic carbocycles. The van der Waals surface area contributed by atoms with Crippen LogP contribution >= 0.6 is 0 Å². The molecular formula is C6H17NSi. The highest BCUT2D eigenvalue weighted by Crippen LogP contribution is 1.92. The summed E-state index contributed by atoms with van der Waals surface area (Å²) in [6.45, 7) is 9.25. The van der Waals surface area contributed by atoms with Gasteiger partial charge in [-0.05, 0) is 19.0 Å². The lowest BCUT2D eigenvalue weighted by molar-refractivity contribution is 0.409. The molecule has 0 saturated heterocycles. The number of hydrogen-bond donors (Lipinski definition) is 0. The first kappa shape index (κ1) is 8.18. The van der Waals surface area contributed by atoms with Crippen LogP contribution in [0.3, 0.4) is 0 Å². The summed E-state index contributed by atoms with van der Waals surface area (Å²) in [5, 5.41) is 0. The molecule has 0 saturated carbocycles. The Hall–Kier alpha value is 0.177. The Kier molecular flexibility index (Phi) is 4.19. The van der Waals surface area contributed by atoms with Crippen molar-refractivity contribution in [1.29, 1.82) is 0 Å². The lowest BCUT2D eigenvalue weighted by atomic mass is 10.2. The predicted molar refractivity (Wildman–Crippen MR) is 42.0 cm³/mol. The van der Waals surface area contributed by atoms with Crippen molar-refractivity contribution in [2.75, 3.05) is 13.1 Å². The topological polar surface area (TPSA) is 3.24 Å². The first-order chi connectivity index (χ1) is 3.66. The van der Waals surface area contributed by atoms with Crippen LogP contribution < -0.4 is 0 Å². The average Bonchev–Trinajstić information content (AvgIpc) is 1.65. The van der Waals surface area contributed by atoms with Gasteiger partial charge in [-0.25, -0.2) is 0 Å². The minimum atomic E-state index is 0.840. The molecule has 0 fully saturated rings.